The number of aliphatic hydroxyl groups is 1. The molecule has 1 fully saturated rings. The van der Waals surface area contributed by atoms with E-state index in [1.807, 2.05) is 0 Å². The summed E-state index contributed by atoms with van der Waals surface area (Å²) in [6, 6.07) is 0. The minimum atomic E-state index is -0.476. The van der Waals surface area contributed by atoms with Crippen LogP contribution in [0.15, 0.2) is 0 Å². The van der Waals surface area contributed by atoms with E-state index in [1.165, 1.54) is 19.3 Å². The fourth-order valence-corrected chi connectivity index (χ4v) is 1.77. The van der Waals surface area contributed by atoms with E-state index in [4.69, 9.17) is 4.74 Å². The van der Waals surface area contributed by atoms with Crippen molar-refractivity contribution in [1.29, 1.82) is 0 Å². The molecule has 1 N–H and O–H groups in total. The van der Waals surface area contributed by atoms with E-state index in [0.29, 0.717) is 5.92 Å². The molecule has 1 rings (SSSR count). The largest absolute Gasteiger partial charge is 0.368 e. The van der Waals surface area contributed by atoms with Crippen LogP contribution in [0.5, 0.6) is 0 Å². The normalized spacial score (nSPS) is 30.5. The summed E-state index contributed by atoms with van der Waals surface area (Å²) < 4.78 is 5.18. The van der Waals surface area contributed by atoms with Gasteiger partial charge in [0.05, 0.1) is 0 Å². The molecule has 0 bridgehead atoms. The van der Waals surface area contributed by atoms with Crippen LogP contribution in [0.25, 0.3) is 0 Å². The van der Waals surface area contributed by atoms with Crippen molar-refractivity contribution in [2.75, 3.05) is 6.61 Å². The van der Waals surface area contributed by atoms with Gasteiger partial charge in [-0.05, 0) is 19.3 Å². The molecule has 12 heavy (non-hydrogen) atoms. The topological polar surface area (TPSA) is 29.5 Å². The highest BCUT2D eigenvalue weighted by molar-refractivity contribution is 4.66. The summed E-state index contributed by atoms with van der Waals surface area (Å²) in [6.07, 6.45) is 6.69. The average molecular weight is 172 g/mol. The molecule has 0 aromatic carbocycles. The van der Waals surface area contributed by atoms with Crippen LogP contribution in [0.4, 0.5) is 0 Å². The van der Waals surface area contributed by atoms with Gasteiger partial charge in [-0.25, -0.2) is 0 Å². The SMILES string of the molecule is CCCCCC1CCCOC1O. The summed E-state index contributed by atoms with van der Waals surface area (Å²) in [5.74, 6) is 0.408. The predicted molar refractivity (Wildman–Crippen MR) is 48.8 cm³/mol. The summed E-state index contributed by atoms with van der Waals surface area (Å²) >= 11 is 0. The molecular weight excluding hydrogens is 152 g/mol. The van der Waals surface area contributed by atoms with Gasteiger partial charge in [0.25, 0.3) is 0 Å². The van der Waals surface area contributed by atoms with Gasteiger partial charge >= 0.3 is 0 Å². The maximum atomic E-state index is 9.45. The number of ether oxygens (including phenoxy) is 1. The van der Waals surface area contributed by atoms with Gasteiger partial charge in [-0.2, -0.15) is 0 Å². The highest BCUT2D eigenvalue weighted by Gasteiger charge is 2.22. The van der Waals surface area contributed by atoms with Gasteiger partial charge in [0.1, 0.15) is 0 Å². The van der Waals surface area contributed by atoms with Crippen LogP contribution in [-0.4, -0.2) is 18.0 Å². The van der Waals surface area contributed by atoms with Gasteiger partial charge in [0.2, 0.25) is 0 Å². The Morgan fingerprint density at radius 3 is 2.92 bits per heavy atom. The molecule has 0 spiro atoms. The van der Waals surface area contributed by atoms with E-state index in [9.17, 15) is 5.11 Å². The number of unbranched alkanes of at least 4 members (excludes halogenated alkanes) is 2. The summed E-state index contributed by atoms with van der Waals surface area (Å²) in [5.41, 5.74) is 0. The molecule has 2 heteroatoms. The summed E-state index contributed by atoms with van der Waals surface area (Å²) in [6.45, 7) is 2.94. The van der Waals surface area contributed by atoms with Crippen molar-refractivity contribution in [3.05, 3.63) is 0 Å². The van der Waals surface area contributed by atoms with Gasteiger partial charge in [0.15, 0.2) is 6.29 Å². The van der Waals surface area contributed by atoms with Crippen molar-refractivity contribution in [2.24, 2.45) is 5.92 Å². The Kier molecular flexibility index (Phi) is 4.62. The second kappa shape index (κ2) is 5.55. The van der Waals surface area contributed by atoms with Crippen LogP contribution in [0.1, 0.15) is 45.4 Å². The lowest BCUT2D eigenvalue weighted by Crippen LogP contribution is -2.28. The summed E-state index contributed by atoms with van der Waals surface area (Å²) in [5, 5.41) is 9.45. The Bertz CT molecular complexity index is 114. The van der Waals surface area contributed by atoms with Crippen molar-refractivity contribution in [1.82, 2.24) is 0 Å². The fraction of sp³-hybridized carbons (Fsp3) is 1.00. The first-order chi connectivity index (χ1) is 5.84. The Hall–Kier alpha value is -0.0800. The molecule has 1 saturated heterocycles. The van der Waals surface area contributed by atoms with Crippen molar-refractivity contribution < 1.29 is 9.84 Å². The van der Waals surface area contributed by atoms with E-state index >= 15 is 0 Å². The van der Waals surface area contributed by atoms with E-state index in [1.54, 1.807) is 0 Å². The zero-order valence-electron chi connectivity index (χ0n) is 7.96. The molecule has 72 valence electrons. The monoisotopic (exact) mass is 172 g/mol. The molecule has 0 radical (unpaired) electrons. The Balaban J connectivity index is 2.11. The molecule has 0 aliphatic carbocycles. The second-order valence-electron chi connectivity index (χ2n) is 3.66. The molecule has 1 aliphatic rings. The van der Waals surface area contributed by atoms with Gasteiger partial charge in [-0.15, -0.1) is 0 Å². The lowest BCUT2D eigenvalue weighted by Gasteiger charge is -2.27. The van der Waals surface area contributed by atoms with Crippen LogP contribution in [-0.2, 0) is 4.74 Å². The fourth-order valence-electron chi connectivity index (χ4n) is 1.77. The van der Waals surface area contributed by atoms with Crippen molar-refractivity contribution in [3.63, 3.8) is 0 Å². The standard InChI is InChI=1S/C10H20O2/c1-2-3-4-6-9-7-5-8-12-10(9)11/h9-11H,2-8H2,1H3. The van der Waals surface area contributed by atoms with E-state index in [-0.39, 0.29) is 0 Å². The maximum Gasteiger partial charge on any atom is 0.157 e. The van der Waals surface area contributed by atoms with Crippen LogP contribution in [0.2, 0.25) is 0 Å². The first-order valence-corrected chi connectivity index (χ1v) is 5.14. The third kappa shape index (κ3) is 3.11. The van der Waals surface area contributed by atoms with Crippen LogP contribution < -0.4 is 0 Å². The number of rotatable bonds is 4. The highest BCUT2D eigenvalue weighted by atomic mass is 16.6. The average Bonchev–Trinajstić information content (AvgIpc) is 2.09. The lowest BCUT2D eigenvalue weighted by molar-refractivity contribution is -0.160. The van der Waals surface area contributed by atoms with Crippen molar-refractivity contribution in [2.45, 2.75) is 51.7 Å². The molecule has 2 nitrogen and oxygen atoms in total. The van der Waals surface area contributed by atoms with Gasteiger partial charge in [-0.1, -0.05) is 26.2 Å². The van der Waals surface area contributed by atoms with Crippen LogP contribution >= 0.6 is 0 Å². The zero-order chi connectivity index (χ0) is 8.81. The first kappa shape index (κ1) is 10.0. The summed E-state index contributed by atoms with van der Waals surface area (Å²) in [4.78, 5) is 0. The second-order valence-corrected chi connectivity index (χ2v) is 3.66. The van der Waals surface area contributed by atoms with Crippen molar-refractivity contribution in [3.8, 4) is 0 Å². The Morgan fingerprint density at radius 1 is 1.42 bits per heavy atom. The maximum absolute atomic E-state index is 9.45. The van der Waals surface area contributed by atoms with Gasteiger partial charge < -0.3 is 9.84 Å². The molecule has 0 amide bonds. The van der Waals surface area contributed by atoms with E-state index in [0.717, 1.165) is 25.9 Å². The third-order valence-electron chi connectivity index (χ3n) is 2.59. The molecule has 1 heterocycles. The van der Waals surface area contributed by atoms with E-state index in [2.05, 4.69) is 6.92 Å². The van der Waals surface area contributed by atoms with Crippen LogP contribution in [0, 0.1) is 5.92 Å². The summed E-state index contributed by atoms with van der Waals surface area (Å²) in [7, 11) is 0. The zero-order valence-corrected chi connectivity index (χ0v) is 7.96. The molecule has 2 atom stereocenters. The smallest absolute Gasteiger partial charge is 0.157 e. The molecular formula is C10H20O2. The molecule has 0 aromatic rings. The number of hydrogen-bond donors (Lipinski definition) is 1. The Labute approximate surface area is 74.9 Å². The quantitative estimate of drug-likeness (QED) is 0.659. The highest BCUT2D eigenvalue weighted by Crippen LogP contribution is 2.24. The number of aliphatic hydroxyl groups excluding tert-OH is 1. The third-order valence-corrected chi connectivity index (χ3v) is 2.59. The predicted octanol–water partition coefficient (Wildman–Crippen LogP) is 2.31. The minimum Gasteiger partial charge on any atom is -0.368 e. The van der Waals surface area contributed by atoms with Gasteiger partial charge in [-0.3, -0.25) is 0 Å². The number of hydrogen-bond acceptors (Lipinski definition) is 2. The molecule has 0 aromatic heterocycles. The van der Waals surface area contributed by atoms with Crippen molar-refractivity contribution >= 4 is 0 Å². The lowest BCUT2D eigenvalue weighted by atomic mass is 9.94. The van der Waals surface area contributed by atoms with Gasteiger partial charge in [0, 0.05) is 12.5 Å². The molecule has 1 aliphatic heterocycles. The Morgan fingerprint density at radius 2 is 2.25 bits per heavy atom. The molecule has 2 unspecified atom stereocenters. The minimum absolute atomic E-state index is 0.408. The van der Waals surface area contributed by atoms with E-state index < -0.39 is 6.29 Å². The molecule has 0 saturated carbocycles. The van der Waals surface area contributed by atoms with Crippen LogP contribution in [0.3, 0.4) is 0 Å². The first-order valence-electron chi connectivity index (χ1n) is 5.14.